The van der Waals surface area contributed by atoms with Gasteiger partial charge in [0.25, 0.3) is 0 Å². The van der Waals surface area contributed by atoms with Gasteiger partial charge in [0.05, 0.1) is 5.71 Å². The number of anilines is 1. The van der Waals surface area contributed by atoms with Crippen molar-refractivity contribution in [2.45, 2.75) is 6.54 Å². The van der Waals surface area contributed by atoms with E-state index >= 15 is 0 Å². The van der Waals surface area contributed by atoms with Gasteiger partial charge in [-0.2, -0.15) is 0 Å². The molecule has 1 aliphatic heterocycles. The van der Waals surface area contributed by atoms with E-state index < -0.39 is 0 Å². The standard InChI is InChI=1S/C25H24FN5O/c26-21-8-6-19(7-9-21)25(27)24(20-10-11-29-23(14-20)30-17-32)22-16-31(13-12-28-22)15-18-4-2-1-3-5-18/h1-11,14,17,27-28H,12-13,15-16H2,(H,29,30,32)/b24-22-,27-25?. The maximum absolute atomic E-state index is 13.5. The summed E-state index contributed by atoms with van der Waals surface area (Å²) in [4.78, 5) is 17.4. The number of aromatic nitrogens is 1. The highest BCUT2D eigenvalue weighted by Gasteiger charge is 2.22. The number of carbonyl (C=O) groups is 1. The molecule has 3 aromatic rings. The number of halogens is 1. The van der Waals surface area contributed by atoms with Gasteiger partial charge < -0.3 is 10.6 Å². The number of pyridine rings is 1. The molecule has 0 atom stereocenters. The maximum Gasteiger partial charge on any atom is 0.212 e. The summed E-state index contributed by atoms with van der Waals surface area (Å²) >= 11 is 0. The molecule has 7 heteroatoms. The second kappa shape index (κ2) is 9.98. The van der Waals surface area contributed by atoms with Gasteiger partial charge in [-0.05, 0) is 47.5 Å². The fraction of sp³-hybridized carbons (Fsp3) is 0.160. The van der Waals surface area contributed by atoms with Crippen LogP contribution in [0, 0.1) is 11.2 Å². The van der Waals surface area contributed by atoms with Crippen LogP contribution in [0.4, 0.5) is 10.2 Å². The van der Waals surface area contributed by atoms with Crippen LogP contribution in [0.25, 0.3) is 5.57 Å². The van der Waals surface area contributed by atoms with E-state index in [-0.39, 0.29) is 11.5 Å². The Kier molecular flexibility index (Phi) is 6.67. The summed E-state index contributed by atoms with van der Waals surface area (Å²) in [5.74, 6) is 0.0569. The van der Waals surface area contributed by atoms with Gasteiger partial charge in [0.2, 0.25) is 6.41 Å². The summed E-state index contributed by atoms with van der Waals surface area (Å²) in [5.41, 5.74) is 4.47. The largest absolute Gasteiger partial charge is 0.385 e. The molecule has 1 aliphatic rings. The number of hydrogen-bond acceptors (Lipinski definition) is 5. The predicted molar refractivity (Wildman–Crippen MR) is 124 cm³/mol. The van der Waals surface area contributed by atoms with Crippen molar-refractivity contribution in [3.8, 4) is 0 Å². The molecule has 6 nitrogen and oxygen atoms in total. The molecular weight excluding hydrogens is 405 g/mol. The second-order valence-electron chi connectivity index (χ2n) is 7.55. The first-order valence-electron chi connectivity index (χ1n) is 10.4. The van der Waals surface area contributed by atoms with E-state index in [1.807, 2.05) is 24.3 Å². The van der Waals surface area contributed by atoms with Gasteiger partial charge in [-0.3, -0.25) is 15.1 Å². The zero-order valence-electron chi connectivity index (χ0n) is 17.5. The molecule has 3 N–H and O–H groups in total. The highest BCUT2D eigenvalue weighted by Crippen LogP contribution is 2.26. The fourth-order valence-electron chi connectivity index (χ4n) is 3.82. The molecule has 0 aliphatic carbocycles. The van der Waals surface area contributed by atoms with Gasteiger partial charge in [-0.15, -0.1) is 0 Å². The molecule has 1 aromatic heterocycles. The summed E-state index contributed by atoms with van der Waals surface area (Å²) in [6, 6.07) is 19.8. The van der Waals surface area contributed by atoms with E-state index in [4.69, 9.17) is 5.41 Å². The fourth-order valence-corrected chi connectivity index (χ4v) is 3.82. The third-order valence-corrected chi connectivity index (χ3v) is 5.34. The lowest BCUT2D eigenvalue weighted by atomic mass is 9.93. The number of benzene rings is 2. The van der Waals surface area contributed by atoms with Crippen molar-refractivity contribution in [2.75, 3.05) is 25.0 Å². The van der Waals surface area contributed by atoms with E-state index in [0.717, 1.165) is 30.9 Å². The van der Waals surface area contributed by atoms with Crippen LogP contribution in [0.1, 0.15) is 16.7 Å². The lowest BCUT2D eigenvalue weighted by Crippen LogP contribution is -2.42. The molecule has 1 amide bonds. The maximum atomic E-state index is 13.5. The van der Waals surface area contributed by atoms with Gasteiger partial charge in [0, 0.05) is 49.2 Å². The number of nitrogens with zero attached hydrogens (tertiary/aromatic N) is 2. The van der Waals surface area contributed by atoms with E-state index in [0.29, 0.717) is 29.9 Å². The molecule has 32 heavy (non-hydrogen) atoms. The number of carbonyl (C=O) groups excluding carboxylic acids is 1. The zero-order valence-corrected chi connectivity index (χ0v) is 17.5. The molecule has 2 heterocycles. The second-order valence-corrected chi connectivity index (χ2v) is 7.55. The van der Waals surface area contributed by atoms with Gasteiger partial charge in [-0.1, -0.05) is 30.3 Å². The van der Waals surface area contributed by atoms with E-state index in [1.165, 1.54) is 17.7 Å². The minimum atomic E-state index is -0.345. The summed E-state index contributed by atoms with van der Waals surface area (Å²) < 4.78 is 13.5. The van der Waals surface area contributed by atoms with Crippen LogP contribution in [0.5, 0.6) is 0 Å². The number of rotatable bonds is 7. The van der Waals surface area contributed by atoms with Crippen LogP contribution in [-0.2, 0) is 11.3 Å². The smallest absolute Gasteiger partial charge is 0.212 e. The Bertz CT molecular complexity index is 1130. The highest BCUT2D eigenvalue weighted by molar-refractivity contribution is 6.31. The van der Waals surface area contributed by atoms with Crippen LogP contribution in [-0.4, -0.2) is 41.6 Å². The monoisotopic (exact) mass is 429 g/mol. The molecule has 4 rings (SSSR count). The van der Waals surface area contributed by atoms with Crippen molar-refractivity contribution in [1.29, 1.82) is 5.41 Å². The molecule has 1 fully saturated rings. The normalized spacial score (nSPS) is 15.5. The Hall–Kier alpha value is -3.84. The number of nitrogens with one attached hydrogen (secondary N) is 3. The number of allylic oxidation sites excluding steroid dienone is 1. The Morgan fingerprint density at radius 2 is 1.91 bits per heavy atom. The van der Waals surface area contributed by atoms with E-state index in [1.54, 1.807) is 24.4 Å². The zero-order chi connectivity index (χ0) is 22.3. The Morgan fingerprint density at radius 1 is 1.12 bits per heavy atom. The third kappa shape index (κ3) is 5.07. The minimum absolute atomic E-state index is 0.275. The van der Waals surface area contributed by atoms with Crippen molar-refractivity contribution in [3.05, 3.63) is 101 Å². The Morgan fingerprint density at radius 3 is 2.66 bits per heavy atom. The lowest BCUT2D eigenvalue weighted by molar-refractivity contribution is -0.105. The average molecular weight is 429 g/mol. The first-order chi connectivity index (χ1) is 15.6. The van der Waals surface area contributed by atoms with Crippen LogP contribution in [0.15, 0.2) is 78.6 Å². The number of piperazine rings is 1. The molecule has 1 saturated heterocycles. The molecule has 0 unspecified atom stereocenters. The van der Waals surface area contributed by atoms with Gasteiger partial charge in [-0.25, -0.2) is 9.37 Å². The number of hydrogen-bond donors (Lipinski definition) is 3. The molecule has 162 valence electrons. The molecule has 0 bridgehead atoms. The van der Waals surface area contributed by atoms with Crippen molar-refractivity contribution < 1.29 is 9.18 Å². The summed E-state index contributed by atoms with van der Waals surface area (Å²) in [6.07, 6.45) is 2.18. The van der Waals surface area contributed by atoms with Crippen molar-refractivity contribution in [1.82, 2.24) is 15.2 Å². The van der Waals surface area contributed by atoms with Crippen LogP contribution in [0.2, 0.25) is 0 Å². The van der Waals surface area contributed by atoms with Crippen LogP contribution in [0.3, 0.4) is 0 Å². The molecule has 0 spiro atoms. The minimum Gasteiger partial charge on any atom is -0.385 e. The average Bonchev–Trinajstić information content (AvgIpc) is 2.81. The van der Waals surface area contributed by atoms with Gasteiger partial charge in [0.15, 0.2) is 0 Å². The third-order valence-electron chi connectivity index (χ3n) is 5.34. The molecule has 2 aromatic carbocycles. The Labute approximate surface area is 186 Å². The van der Waals surface area contributed by atoms with E-state index in [9.17, 15) is 9.18 Å². The lowest BCUT2D eigenvalue weighted by Gasteiger charge is -2.32. The van der Waals surface area contributed by atoms with Crippen LogP contribution < -0.4 is 10.6 Å². The van der Waals surface area contributed by atoms with Crippen molar-refractivity contribution >= 4 is 23.5 Å². The van der Waals surface area contributed by atoms with E-state index in [2.05, 4.69) is 32.7 Å². The van der Waals surface area contributed by atoms with Crippen LogP contribution >= 0.6 is 0 Å². The SMILES string of the molecule is N=C(/C(=C1/CN(Cc2ccccc2)CCN1)c1ccnc(NC=O)c1)c1ccc(F)cc1. The molecule has 0 radical (unpaired) electrons. The molecule has 0 saturated carbocycles. The number of amides is 1. The van der Waals surface area contributed by atoms with Crippen molar-refractivity contribution in [2.24, 2.45) is 0 Å². The van der Waals surface area contributed by atoms with Gasteiger partial charge in [0.1, 0.15) is 11.6 Å². The quantitative estimate of drug-likeness (QED) is 0.395. The summed E-state index contributed by atoms with van der Waals surface area (Å²) in [7, 11) is 0. The summed E-state index contributed by atoms with van der Waals surface area (Å²) in [6.45, 7) is 3.06. The molecular formula is C25H24FN5O. The summed E-state index contributed by atoms with van der Waals surface area (Å²) in [5, 5.41) is 15.0. The van der Waals surface area contributed by atoms with Crippen molar-refractivity contribution in [3.63, 3.8) is 0 Å². The van der Waals surface area contributed by atoms with Gasteiger partial charge >= 0.3 is 0 Å². The Balaban J connectivity index is 1.72. The predicted octanol–water partition coefficient (Wildman–Crippen LogP) is 3.67. The first kappa shape index (κ1) is 21.4. The topological polar surface area (TPSA) is 81.1 Å². The first-order valence-corrected chi connectivity index (χ1v) is 10.4. The highest BCUT2D eigenvalue weighted by atomic mass is 19.1.